The predicted molar refractivity (Wildman–Crippen MR) is 155 cm³/mol. The number of unbranched alkanes of at least 4 members (excludes halogenated alkanes) is 2. The van der Waals surface area contributed by atoms with E-state index in [1.807, 2.05) is 0 Å². The molecule has 0 heterocycles. The standard InChI is InChI=1S/C21H36O2.C5H11NO.C4H10.C2H6O/c1-20(15-5-3-4-6-15)11-9-16-14(13-20)7-8-17-19(23)18(22)10-12-21(16,17)2;1-2-3-4-6-5-7;1-3-4-2;1-2-3/h14-19,22-23H,3-13H2,1-2H3;5H,2-4H2,1H3,(H,6,7);3-4H2,1-2H3;3H,2H2,1H3. The van der Waals surface area contributed by atoms with Gasteiger partial charge >= 0.3 is 0 Å². The van der Waals surface area contributed by atoms with Gasteiger partial charge < -0.3 is 20.6 Å². The summed E-state index contributed by atoms with van der Waals surface area (Å²) in [6.07, 6.45) is 19.1. The summed E-state index contributed by atoms with van der Waals surface area (Å²) in [5.41, 5.74) is 0.867. The molecule has 0 aromatic carbocycles. The van der Waals surface area contributed by atoms with Crippen LogP contribution in [0.15, 0.2) is 0 Å². The van der Waals surface area contributed by atoms with Crippen molar-refractivity contribution in [2.24, 2.45) is 34.5 Å². The van der Waals surface area contributed by atoms with Gasteiger partial charge in [-0.1, -0.05) is 66.7 Å². The van der Waals surface area contributed by atoms with Crippen LogP contribution in [0, 0.1) is 34.5 Å². The molecule has 4 saturated carbocycles. The monoisotopic (exact) mass is 525 g/mol. The largest absolute Gasteiger partial charge is 0.397 e. The highest BCUT2D eigenvalue weighted by Gasteiger charge is 2.56. The summed E-state index contributed by atoms with van der Waals surface area (Å²) in [5, 5.41) is 30.8. The second kappa shape index (κ2) is 17.8. The summed E-state index contributed by atoms with van der Waals surface area (Å²) in [7, 11) is 0. The number of carbonyl (C=O) groups excluding carboxylic acids is 1. The van der Waals surface area contributed by atoms with Crippen molar-refractivity contribution in [3.63, 3.8) is 0 Å². The number of amides is 1. The van der Waals surface area contributed by atoms with Gasteiger partial charge in [-0.15, -0.1) is 0 Å². The minimum absolute atomic E-state index is 0.250. The van der Waals surface area contributed by atoms with Crippen molar-refractivity contribution < 1.29 is 20.1 Å². The lowest BCUT2D eigenvalue weighted by atomic mass is 9.46. The SMILES string of the molecule is CC1(C2CCCC2)CCC2C(CCC3C(O)C(O)CCC23C)C1.CCCC.CCCCNC=O.CCO. The van der Waals surface area contributed by atoms with Crippen LogP contribution in [0.5, 0.6) is 0 Å². The molecule has 4 N–H and O–H groups in total. The summed E-state index contributed by atoms with van der Waals surface area (Å²) in [5.74, 6) is 2.98. The molecule has 7 unspecified atom stereocenters. The van der Waals surface area contributed by atoms with E-state index in [1.165, 1.54) is 64.2 Å². The first-order valence-electron chi connectivity index (χ1n) is 15.8. The van der Waals surface area contributed by atoms with Gasteiger partial charge in [0.15, 0.2) is 0 Å². The lowest BCUT2D eigenvalue weighted by Gasteiger charge is -2.60. The number of aliphatic hydroxyl groups excluding tert-OH is 3. The molecule has 4 aliphatic carbocycles. The van der Waals surface area contributed by atoms with E-state index in [-0.39, 0.29) is 12.0 Å². The normalized spacial score (nSPS) is 36.7. The van der Waals surface area contributed by atoms with Gasteiger partial charge in [-0.05, 0) is 106 Å². The molecule has 4 fully saturated rings. The zero-order chi connectivity index (χ0) is 27.9. The molecule has 1 amide bonds. The van der Waals surface area contributed by atoms with Gasteiger partial charge in [-0.25, -0.2) is 0 Å². The number of fused-ring (bicyclic) bond motifs is 3. The maximum Gasteiger partial charge on any atom is 0.207 e. The van der Waals surface area contributed by atoms with Gasteiger partial charge in [0.25, 0.3) is 0 Å². The molecular weight excluding hydrogens is 462 g/mol. The van der Waals surface area contributed by atoms with Crippen molar-refractivity contribution in [1.29, 1.82) is 0 Å². The third-order valence-electron chi connectivity index (χ3n) is 10.3. The average molecular weight is 526 g/mol. The van der Waals surface area contributed by atoms with E-state index in [9.17, 15) is 15.0 Å². The lowest BCUT2D eigenvalue weighted by molar-refractivity contribution is -0.164. The highest BCUT2D eigenvalue weighted by atomic mass is 16.3. The molecule has 220 valence electrons. The van der Waals surface area contributed by atoms with E-state index >= 15 is 0 Å². The average Bonchev–Trinajstić information content (AvgIpc) is 3.44. The number of hydrogen-bond acceptors (Lipinski definition) is 4. The van der Waals surface area contributed by atoms with Crippen LogP contribution in [0.4, 0.5) is 0 Å². The second-order valence-corrected chi connectivity index (χ2v) is 12.8. The molecule has 4 rings (SSSR count). The van der Waals surface area contributed by atoms with Crippen LogP contribution in [-0.2, 0) is 4.79 Å². The molecule has 7 atom stereocenters. The fraction of sp³-hybridized carbons (Fsp3) is 0.969. The Bertz CT molecular complexity index is 593. The van der Waals surface area contributed by atoms with Gasteiger partial charge in [0.2, 0.25) is 6.41 Å². The Hall–Kier alpha value is -0.650. The lowest BCUT2D eigenvalue weighted by Crippen LogP contribution is -2.56. The van der Waals surface area contributed by atoms with Crippen LogP contribution in [-0.4, -0.2) is 47.1 Å². The molecule has 0 spiro atoms. The summed E-state index contributed by atoms with van der Waals surface area (Å²) in [6.45, 7) is 14.2. The van der Waals surface area contributed by atoms with E-state index in [0.717, 1.165) is 62.8 Å². The smallest absolute Gasteiger partial charge is 0.207 e. The Morgan fingerprint density at radius 1 is 0.838 bits per heavy atom. The first kappa shape index (κ1) is 34.4. The molecular formula is C32H63NO4. The number of aliphatic hydroxyl groups is 3. The number of hydrogen-bond donors (Lipinski definition) is 4. The highest BCUT2D eigenvalue weighted by Crippen LogP contribution is 2.63. The minimum Gasteiger partial charge on any atom is -0.397 e. The molecule has 0 aliphatic heterocycles. The topological polar surface area (TPSA) is 89.8 Å². The van der Waals surface area contributed by atoms with Gasteiger partial charge in [0, 0.05) is 13.2 Å². The molecule has 5 nitrogen and oxygen atoms in total. The van der Waals surface area contributed by atoms with Crippen molar-refractivity contribution >= 4 is 6.41 Å². The Morgan fingerprint density at radius 3 is 2.00 bits per heavy atom. The van der Waals surface area contributed by atoms with Crippen molar-refractivity contribution in [1.82, 2.24) is 5.32 Å². The van der Waals surface area contributed by atoms with Gasteiger partial charge in [0.05, 0.1) is 12.2 Å². The van der Waals surface area contributed by atoms with E-state index in [2.05, 4.69) is 39.9 Å². The molecule has 37 heavy (non-hydrogen) atoms. The molecule has 0 saturated heterocycles. The van der Waals surface area contributed by atoms with Gasteiger partial charge in [0.1, 0.15) is 0 Å². The molecule has 5 heteroatoms. The first-order chi connectivity index (χ1) is 17.7. The van der Waals surface area contributed by atoms with Crippen LogP contribution in [0.2, 0.25) is 0 Å². The summed E-state index contributed by atoms with van der Waals surface area (Å²) in [4.78, 5) is 9.57. The third kappa shape index (κ3) is 9.80. The fourth-order valence-electron chi connectivity index (χ4n) is 7.89. The summed E-state index contributed by atoms with van der Waals surface area (Å²) >= 11 is 0. The summed E-state index contributed by atoms with van der Waals surface area (Å²) in [6, 6.07) is 0. The fourth-order valence-corrected chi connectivity index (χ4v) is 7.89. The van der Waals surface area contributed by atoms with Crippen LogP contribution in [0.1, 0.15) is 138 Å². The van der Waals surface area contributed by atoms with E-state index in [1.54, 1.807) is 6.92 Å². The van der Waals surface area contributed by atoms with Crippen LogP contribution >= 0.6 is 0 Å². The first-order valence-corrected chi connectivity index (χ1v) is 15.8. The van der Waals surface area contributed by atoms with Crippen LogP contribution in [0.25, 0.3) is 0 Å². The number of rotatable bonds is 6. The maximum absolute atomic E-state index is 10.6. The van der Waals surface area contributed by atoms with Crippen LogP contribution < -0.4 is 5.32 Å². The second-order valence-electron chi connectivity index (χ2n) is 12.8. The zero-order valence-corrected chi connectivity index (χ0v) is 25.3. The minimum atomic E-state index is -0.475. The third-order valence-corrected chi connectivity index (χ3v) is 10.3. The Labute approximate surface area is 229 Å². The molecule has 4 aliphatic rings. The Balaban J connectivity index is 0.000000408. The van der Waals surface area contributed by atoms with Crippen LogP contribution in [0.3, 0.4) is 0 Å². The number of carbonyl (C=O) groups is 1. The molecule has 0 aromatic heterocycles. The van der Waals surface area contributed by atoms with Gasteiger partial charge in [-0.3, -0.25) is 4.79 Å². The molecule has 0 aromatic rings. The number of nitrogens with one attached hydrogen (secondary N) is 1. The van der Waals surface area contributed by atoms with E-state index < -0.39 is 12.2 Å². The molecule has 0 radical (unpaired) electrons. The van der Waals surface area contributed by atoms with E-state index in [4.69, 9.17) is 5.11 Å². The highest BCUT2D eigenvalue weighted by molar-refractivity contribution is 5.45. The Kier molecular flexibility index (Phi) is 16.6. The maximum atomic E-state index is 10.6. The van der Waals surface area contributed by atoms with Crippen molar-refractivity contribution in [2.45, 2.75) is 150 Å². The Morgan fingerprint density at radius 2 is 1.46 bits per heavy atom. The van der Waals surface area contributed by atoms with Crippen molar-refractivity contribution in [3.8, 4) is 0 Å². The van der Waals surface area contributed by atoms with Crippen molar-refractivity contribution in [2.75, 3.05) is 13.2 Å². The van der Waals surface area contributed by atoms with Gasteiger partial charge in [-0.2, -0.15) is 0 Å². The summed E-state index contributed by atoms with van der Waals surface area (Å²) < 4.78 is 0. The zero-order valence-electron chi connectivity index (χ0n) is 25.3. The van der Waals surface area contributed by atoms with E-state index in [0.29, 0.717) is 11.3 Å². The molecule has 0 bridgehead atoms. The van der Waals surface area contributed by atoms with Crippen molar-refractivity contribution in [3.05, 3.63) is 0 Å². The quantitative estimate of drug-likeness (QED) is 0.225. The predicted octanol–water partition coefficient (Wildman–Crippen LogP) is 6.87.